The molecule has 23 heavy (non-hydrogen) atoms. The molecule has 1 aromatic carbocycles. The van der Waals surface area contributed by atoms with E-state index in [0.717, 1.165) is 0 Å². The van der Waals surface area contributed by atoms with E-state index in [9.17, 15) is 14.0 Å². The minimum Gasteiger partial charge on any atom is -0.370 e. The lowest BCUT2D eigenvalue weighted by molar-refractivity contribution is -0.139. The highest BCUT2D eigenvalue weighted by atomic mass is 35.5. The van der Waals surface area contributed by atoms with Gasteiger partial charge >= 0.3 is 0 Å². The third kappa shape index (κ3) is 5.31. The molecule has 0 aliphatic carbocycles. The predicted molar refractivity (Wildman–Crippen MR) is 86.0 cm³/mol. The first-order chi connectivity index (χ1) is 10.5. The summed E-state index contributed by atoms with van der Waals surface area (Å²) in [6.07, 6.45) is -0.374. The van der Waals surface area contributed by atoms with Gasteiger partial charge < -0.3 is 20.7 Å². The van der Waals surface area contributed by atoms with Gasteiger partial charge in [0.05, 0.1) is 31.3 Å². The molecule has 0 saturated carbocycles. The quantitative estimate of drug-likeness (QED) is 0.829. The van der Waals surface area contributed by atoms with Crippen LogP contribution in [0.4, 0.5) is 4.39 Å². The Morgan fingerprint density at radius 1 is 1.48 bits per heavy atom. The number of amides is 2. The summed E-state index contributed by atoms with van der Waals surface area (Å²) in [6, 6.07) is 4.34. The number of hydrogen-bond acceptors (Lipinski definition) is 4. The highest BCUT2D eigenvalue weighted by Crippen LogP contribution is 2.26. The highest BCUT2D eigenvalue weighted by molar-refractivity contribution is 6.30. The van der Waals surface area contributed by atoms with Crippen LogP contribution in [0.25, 0.3) is 0 Å². The monoisotopic (exact) mass is 365 g/mol. The van der Waals surface area contributed by atoms with E-state index in [-0.39, 0.29) is 48.4 Å². The van der Waals surface area contributed by atoms with Crippen LogP contribution >= 0.6 is 24.0 Å². The van der Waals surface area contributed by atoms with Gasteiger partial charge in [0.1, 0.15) is 11.9 Å². The molecule has 0 spiro atoms. The molecule has 1 atom stereocenters. The second-order valence-corrected chi connectivity index (χ2v) is 5.26. The second-order valence-electron chi connectivity index (χ2n) is 4.85. The first-order valence-corrected chi connectivity index (χ1v) is 7.20. The summed E-state index contributed by atoms with van der Waals surface area (Å²) in [6.45, 7) is 0.846. The molecular weight excluding hydrogens is 348 g/mol. The van der Waals surface area contributed by atoms with Crippen LogP contribution in [0.5, 0.6) is 0 Å². The minimum atomic E-state index is -0.501. The van der Waals surface area contributed by atoms with Gasteiger partial charge in [0, 0.05) is 6.54 Å². The van der Waals surface area contributed by atoms with Crippen molar-refractivity contribution in [1.29, 1.82) is 0 Å². The van der Waals surface area contributed by atoms with E-state index < -0.39 is 5.82 Å². The first-order valence-electron chi connectivity index (χ1n) is 6.82. The second kappa shape index (κ2) is 9.02. The first kappa shape index (κ1) is 19.6. The maximum atomic E-state index is 13.2. The van der Waals surface area contributed by atoms with Gasteiger partial charge in [-0.25, -0.2) is 4.39 Å². The number of benzene rings is 1. The molecule has 1 aliphatic rings. The summed E-state index contributed by atoms with van der Waals surface area (Å²) >= 11 is 5.76. The fraction of sp³-hybridized carbons (Fsp3) is 0.429. The molecule has 6 nitrogen and oxygen atoms in total. The normalized spacial score (nSPS) is 17.3. The Balaban J connectivity index is 0.00000264. The summed E-state index contributed by atoms with van der Waals surface area (Å²) in [4.78, 5) is 24.7. The third-order valence-corrected chi connectivity index (χ3v) is 3.65. The van der Waals surface area contributed by atoms with Gasteiger partial charge in [-0.1, -0.05) is 17.7 Å². The van der Waals surface area contributed by atoms with Gasteiger partial charge in [-0.2, -0.15) is 0 Å². The Kier molecular flexibility index (Phi) is 7.70. The van der Waals surface area contributed by atoms with Crippen LogP contribution in [0.15, 0.2) is 18.2 Å². The smallest absolute Gasteiger partial charge is 0.242 e. The lowest BCUT2D eigenvalue weighted by Gasteiger charge is -2.33. The molecule has 0 aromatic heterocycles. The van der Waals surface area contributed by atoms with E-state index >= 15 is 0 Å². The number of ether oxygens (including phenoxy) is 1. The van der Waals surface area contributed by atoms with Crippen molar-refractivity contribution >= 4 is 35.8 Å². The third-order valence-electron chi connectivity index (χ3n) is 3.36. The summed E-state index contributed by atoms with van der Waals surface area (Å²) in [5.74, 6) is -1.11. The summed E-state index contributed by atoms with van der Waals surface area (Å²) in [5.41, 5.74) is 5.86. The molecule has 0 radical (unpaired) electrons. The van der Waals surface area contributed by atoms with E-state index in [2.05, 4.69) is 5.32 Å². The number of morpholine rings is 1. The molecule has 9 heteroatoms. The number of carbonyl (C=O) groups is 2. The van der Waals surface area contributed by atoms with E-state index in [1.807, 2.05) is 0 Å². The van der Waals surface area contributed by atoms with Crippen LogP contribution < -0.4 is 11.1 Å². The van der Waals surface area contributed by atoms with Gasteiger partial charge in [0.2, 0.25) is 11.8 Å². The maximum absolute atomic E-state index is 13.2. The number of nitrogens with zero attached hydrogens (tertiary/aromatic N) is 1. The number of carbonyl (C=O) groups excluding carboxylic acids is 2. The van der Waals surface area contributed by atoms with E-state index in [4.69, 9.17) is 22.1 Å². The van der Waals surface area contributed by atoms with Crippen LogP contribution in [-0.2, 0) is 14.3 Å². The molecule has 1 fully saturated rings. The lowest BCUT2D eigenvalue weighted by Crippen LogP contribution is -2.47. The van der Waals surface area contributed by atoms with Crippen molar-refractivity contribution in [3.63, 3.8) is 0 Å². The number of hydrogen-bond donors (Lipinski definition) is 2. The Labute approximate surface area is 144 Å². The van der Waals surface area contributed by atoms with Crippen LogP contribution in [0.1, 0.15) is 11.7 Å². The van der Waals surface area contributed by atoms with Gasteiger partial charge in [0.15, 0.2) is 0 Å². The average Bonchev–Trinajstić information content (AvgIpc) is 2.54. The molecule has 1 unspecified atom stereocenters. The van der Waals surface area contributed by atoms with Crippen molar-refractivity contribution in [3.8, 4) is 0 Å². The maximum Gasteiger partial charge on any atom is 0.242 e. The molecular formula is C14H18Cl2FN3O3. The average molecular weight is 366 g/mol. The number of nitrogens with two attached hydrogens (primary N) is 1. The van der Waals surface area contributed by atoms with Crippen LogP contribution in [0.2, 0.25) is 5.02 Å². The van der Waals surface area contributed by atoms with Gasteiger partial charge in [-0.3, -0.25) is 9.59 Å². The zero-order valence-electron chi connectivity index (χ0n) is 12.3. The Morgan fingerprint density at radius 2 is 2.22 bits per heavy atom. The molecule has 128 valence electrons. The molecule has 3 N–H and O–H groups in total. The van der Waals surface area contributed by atoms with Crippen molar-refractivity contribution < 1.29 is 18.7 Å². The van der Waals surface area contributed by atoms with Crippen molar-refractivity contribution in [3.05, 3.63) is 34.6 Å². The van der Waals surface area contributed by atoms with Crippen LogP contribution in [0, 0.1) is 5.82 Å². The van der Waals surface area contributed by atoms with Crippen LogP contribution in [-0.4, -0.2) is 49.5 Å². The standard InChI is InChI=1S/C14H17ClFN3O3.ClH/c15-10-5-9(1-2-11(10)16)12-8-19(3-4-22-12)14(21)7-18-13(20)6-17;/h1-2,5,12H,3-4,6-8,17H2,(H,18,20);1H. The molecule has 1 aromatic rings. The topological polar surface area (TPSA) is 84.7 Å². The number of rotatable bonds is 4. The zero-order valence-corrected chi connectivity index (χ0v) is 13.8. The van der Waals surface area contributed by atoms with E-state index in [1.165, 1.54) is 12.1 Å². The summed E-state index contributed by atoms with van der Waals surface area (Å²) in [5, 5.41) is 2.45. The predicted octanol–water partition coefficient (Wildman–Crippen LogP) is 0.876. The fourth-order valence-electron chi connectivity index (χ4n) is 2.15. The van der Waals surface area contributed by atoms with Gasteiger partial charge in [-0.15, -0.1) is 12.4 Å². The van der Waals surface area contributed by atoms with Crippen molar-refractivity contribution in [2.45, 2.75) is 6.10 Å². The van der Waals surface area contributed by atoms with Crippen molar-refractivity contribution in [1.82, 2.24) is 10.2 Å². The van der Waals surface area contributed by atoms with Gasteiger partial charge in [0.25, 0.3) is 0 Å². The Morgan fingerprint density at radius 3 is 2.87 bits per heavy atom. The van der Waals surface area contributed by atoms with E-state index in [0.29, 0.717) is 25.3 Å². The number of halogens is 3. The molecule has 0 bridgehead atoms. The molecule has 1 heterocycles. The van der Waals surface area contributed by atoms with Crippen LogP contribution in [0.3, 0.4) is 0 Å². The lowest BCUT2D eigenvalue weighted by atomic mass is 10.1. The highest BCUT2D eigenvalue weighted by Gasteiger charge is 2.25. The molecule has 2 rings (SSSR count). The fourth-order valence-corrected chi connectivity index (χ4v) is 2.34. The zero-order chi connectivity index (χ0) is 16.1. The SMILES string of the molecule is Cl.NCC(=O)NCC(=O)N1CCOC(c2ccc(F)c(Cl)c2)C1. The van der Waals surface area contributed by atoms with Crippen molar-refractivity contribution in [2.75, 3.05) is 32.8 Å². The van der Waals surface area contributed by atoms with E-state index in [1.54, 1.807) is 11.0 Å². The molecule has 2 amide bonds. The molecule has 1 saturated heterocycles. The minimum absolute atomic E-state index is 0. The summed E-state index contributed by atoms with van der Waals surface area (Å²) < 4.78 is 18.8. The largest absolute Gasteiger partial charge is 0.370 e. The Hall–Kier alpha value is -1.41. The summed E-state index contributed by atoms with van der Waals surface area (Å²) in [7, 11) is 0. The number of nitrogens with one attached hydrogen (secondary N) is 1. The van der Waals surface area contributed by atoms with Gasteiger partial charge in [-0.05, 0) is 17.7 Å². The Bertz CT molecular complexity index is 574. The molecule has 1 aliphatic heterocycles. The van der Waals surface area contributed by atoms with Crippen molar-refractivity contribution in [2.24, 2.45) is 5.73 Å².